The van der Waals surface area contributed by atoms with Gasteiger partial charge in [-0.2, -0.15) is 0 Å². The summed E-state index contributed by atoms with van der Waals surface area (Å²) in [6.45, 7) is 1.00. The molecule has 12 heteroatoms. The van der Waals surface area contributed by atoms with E-state index in [1.54, 1.807) is 6.92 Å². The SMILES string of the molecule is C[C@@H]1O[C@@H](OC[C@@H]2O[C@@H](OC[C@@H]3O[C@@H](O)[C@H](O)[C@H]3O)[C@H](O)[C@H]2O)[C@H](O)[C@H]1O. The summed E-state index contributed by atoms with van der Waals surface area (Å²) < 4.78 is 26.1. The lowest BCUT2D eigenvalue weighted by Gasteiger charge is -2.20. The summed E-state index contributed by atoms with van der Waals surface area (Å²) in [6.07, 6.45) is -14.6. The van der Waals surface area contributed by atoms with E-state index in [1.807, 2.05) is 0 Å². The Balaban J connectivity index is 1.46. The standard InChI is InChI=1S/C15H26O12/c1-4-7(16)11(20)14(25-4)23-3-6-9(18)12(21)15(27-6)24-2-5-8(17)10(19)13(22)26-5/h4-22H,2-3H2,1H3/t4-,5-,6-,7-,8-,9-,10+,11+,12+,13+,14+,15+/m0/s1. The lowest BCUT2D eigenvalue weighted by Crippen LogP contribution is -2.39. The molecule has 3 saturated heterocycles. The topological polar surface area (TPSA) is 188 Å². The van der Waals surface area contributed by atoms with Crippen molar-refractivity contribution in [1.82, 2.24) is 0 Å². The largest absolute Gasteiger partial charge is 0.388 e. The monoisotopic (exact) mass is 398 g/mol. The Hall–Kier alpha value is -0.480. The first kappa shape index (κ1) is 21.2. The Bertz CT molecular complexity index is 451. The fraction of sp³-hybridized carbons (Fsp3) is 1.00. The van der Waals surface area contributed by atoms with Gasteiger partial charge < -0.3 is 59.4 Å². The number of rotatable bonds is 6. The van der Waals surface area contributed by atoms with E-state index in [2.05, 4.69) is 0 Å². The molecule has 0 aromatic heterocycles. The third-order valence-electron chi connectivity index (χ3n) is 4.96. The molecule has 12 atom stereocenters. The Morgan fingerprint density at radius 1 is 0.593 bits per heavy atom. The molecule has 0 radical (unpaired) electrons. The van der Waals surface area contributed by atoms with Gasteiger partial charge in [-0.25, -0.2) is 0 Å². The summed E-state index contributed by atoms with van der Waals surface area (Å²) >= 11 is 0. The van der Waals surface area contributed by atoms with Crippen molar-refractivity contribution in [2.24, 2.45) is 0 Å². The van der Waals surface area contributed by atoms with Crippen LogP contribution in [0, 0.1) is 0 Å². The van der Waals surface area contributed by atoms with Gasteiger partial charge in [-0.1, -0.05) is 0 Å². The van der Waals surface area contributed by atoms with E-state index >= 15 is 0 Å². The maximum absolute atomic E-state index is 10.1. The van der Waals surface area contributed by atoms with Gasteiger partial charge in [0.1, 0.15) is 48.8 Å². The molecule has 0 spiro atoms. The molecular weight excluding hydrogens is 372 g/mol. The quantitative estimate of drug-likeness (QED) is 0.227. The number of hydrogen-bond acceptors (Lipinski definition) is 12. The molecule has 0 unspecified atom stereocenters. The van der Waals surface area contributed by atoms with Crippen molar-refractivity contribution < 1.29 is 59.4 Å². The van der Waals surface area contributed by atoms with Crippen LogP contribution in [0.25, 0.3) is 0 Å². The molecule has 0 saturated carbocycles. The van der Waals surface area contributed by atoms with Crippen molar-refractivity contribution in [2.45, 2.75) is 80.7 Å². The normalized spacial score (nSPS) is 53.3. The number of aliphatic hydroxyl groups is 7. The number of hydrogen-bond donors (Lipinski definition) is 7. The van der Waals surface area contributed by atoms with Crippen LogP contribution in [0.1, 0.15) is 6.92 Å². The van der Waals surface area contributed by atoms with Crippen LogP contribution in [0.15, 0.2) is 0 Å². The van der Waals surface area contributed by atoms with Gasteiger partial charge in [-0.3, -0.25) is 0 Å². The highest BCUT2D eigenvalue weighted by Gasteiger charge is 2.47. The average molecular weight is 398 g/mol. The van der Waals surface area contributed by atoms with Crippen LogP contribution in [-0.2, 0) is 23.7 Å². The zero-order chi connectivity index (χ0) is 19.9. The second-order valence-corrected chi connectivity index (χ2v) is 6.93. The van der Waals surface area contributed by atoms with Crippen molar-refractivity contribution in [3.05, 3.63) is 0 Å². The van der Waals surface area contributed by atoms with E-state index in [4.69, 9.17) is 23.7 Å². The summed E-state index contributed by atoms with van der Waals surface area (Å²) in [5, 5.41) is 67.9. The molecule has 3 rings (SSSR count). The van der Waals surface area contributed by atoms with Crippen molar-refractivity contribution in [3.8, 4) is 0 Å². The van der Waals surface area contributed by atoms with Crippen LogP contribution in [0.2, 0.25) is 0 Å². The molecule has 3 heterocycles. The Morgan fingerprint density at radius 2 is 1.07 bits per heavy atom. The predicted molar refractivity (Wildman–Crippen MR) is 81.8 cm³/mol. The van der Waals surface area contributed by atoms with Gasteiger partial charge in [0.25, 0.3) is 0 Å². The van der Waals surface area contributed by atoms with Crippen LogP contribution in [0.5, 0.6) is 0 Å². The molecule has 12 nitrogen and oxygen atoms in total. The smallest absolute Gasteiger partial charge is 0.186 e. The van der Waals surface area contributed by atoms with Gasteiger partial charge in [0.05, 0.1) is 19.3 Å². The van der Waals surface area contributed by atoms with Gasteiger partial charge >= 0.3 is 0 Å². The van der Waals surface area contributed by atoms with Crippen LogP contribution in [0.4, 0.5) is 0 Å². The minimum Gasteiger partial charge on any atom is -0.388 e. The van der Waals surface area contributed by atoms with Crippen molar-refractivity contribution in [3.63, 3.8) is 0 Å². The Labute approximate surface area is 154 Å². The second kappa shape index (κ2) is 8.49. The third-order valence-corrected chi connectivity index (χ3v) is 4.96. The van der Waals surface area contributed by atoms with Crippen LogP contribution >= 0.6 is 0 Å². The third kappa shape index (κ3) is 4.27. The van der Waals surface area contributed by atoms with E-state index in [9.17, 15) is 35.7 Å². The molecule has 0 bridgehead atoms. The second-order valence-electron chi connectivity index (χ2n) is 6.93. The first-order valence-corrected chi connectivity index (χ1v) is 8.66. The highest BCUT2D eigenvalue weighted by atomic mass is 16.7. The summed E-state index contributed by atoms with van der Waals surface area (Å²) in [7, 11) is 0. The molecular formula is C15H26O12. The lowest BCUT2D eigenvalue weighted by atomic mass is 10.1. The van der Waals surface area contributed by atoms with Crippen LogP contribution < -0.4 is 0 Å². The maximum atomic E-state index is 10.1. The predicted octanol–water partition coefficient (Wildman–Crippen LogP) is -4.63. The maximum Gasteiger partial charge on any atom is 0.186 e. The molecule has 3 fully saturated rings. The molecule has 3 aliphatic rings. The number of aliphatic hydroxyl groups excluding tert-OH is 7. The van der Waals surface area contributed by atoms with E-state index in [-0.39, 0.29) is 13.2 Å². The van der Waals surface area contributed by atoms with Crippen LogP contribution in [0.3, 0.4) is 0 Å². The molecule has 0 amide bonds. The Morgan fingerprint density at radius 3 is 1.56 bits per heavy atom. The molecule has 0 aromatic carbocycles. The highest BCUT2D eigenvalue weighted by molar-refractivity contribution is 4.90. The van der Waals surface area contributed by atoms with E-state index in [0.29, 0.717) is 0 Å². The molecule has 7 N–H and O–H groups in total. The summed E-state index contributed by atoms with van der Waals surface area (Å²) in [5.41, 5.74) is 0. The van der Waals surface area contributed by atoms with E-state index in [0.717, 1.165) is 0 Å². The summed E-state index contributed by atoms with van der Waals surface area (Å²) in [4.78, 5) is 0. The minimum atomic E-state index is -1.55. The fourth-order valence-electron chi connectivity index (χ4n) is 3.18. The summed E-state index contributed by atoms with van der Waals surface area (Å²) in [6, 6.07) is 0. The van der Waals surface area contributed by atoms with E-state index in [1.165, 1.54) is 0 Å². The van der Waals surface area contributed by atoms with Crippen molar-refractivity contribution in [1.29, 1.82) is 0 Å². The molecule has 0 aliphatic carbocycles. The van der Waals surface area contributed by atoms with Gasteiger partial charge in [0.15, 0.2) is 18.9 Å². The van der Waals surface area contributed by atoms with Crippen molar-refractivity contribution >= 4 is 0 Å². The fourth-order valence-corrected chi connectivity index (χ4v) is 3.18. The zero-order valence-electron chi connectivity index (χ0n) is 14.5. The van der Waals surface area contributed by atoms with Gasteiger partial charge in [0.2, 0.25) is 0 Å². The van der Waals surface area contributed by atoms with Gasteiger partial charge in [-0.15, -0.1) is 0 Å². The average Bonchev–Trinajstić information content (AvgIpc) is 3.15. The lowest BCUT2D eigenvalue weighted by molar-refractivity contribution is -0.214. The Kier molecular flexibility index (Phi) is 6.67. The molecule has 3 aliphatic heterocycles. The first-order valence-electron chi connectivity index (χ1n) is 8.66. The number of ether oxygens (including phenoxy) is 5. The van der Waals surface area contributed by atoms with Gasteiger partial charge in [0, 0.05) is 0 Å². The molecule has 0 aromatic rings. The van der Waals surface area contributed by atoms with E-state index < -0.39 is 73.8 Å². The highest BCUT2D eigenvalue weighted by Crippen LogP contribution is 2.27. The molecule has 27 heavy (non-hydrogen) atoms. The summed E-state index contributed by atoms with van der Waals surface area (Å²) in [5.74, 6) is 0. The zero-order valence-corrected chi connectivity index (χ0v) is 14.5. The van der Waals surface area contributed by atoms with Gasteiger partial charge in [-0.05, 0) is 6.92 Å². The minimum absolute atomic E-state index is 0.251. The first-order chi connectivity index (χ1) is 12.7. The van der Waals surface area contributed by atoms with Crippen molar-refractivity contribution in [2.75, 3.05) is 13.2 Å². The van der Waals surface area contributed by atoms with Crippen LogP contribution in [-0.4, -0.2) is 123 Å². The molecule has 158 valence electrons.